The molecule has 0 aliphatic carbocycles. The van der Waals surface area contributed by atoms with Crippen LogP contribution in [0.25, 0.3) is 21.9 Å². The summed E-state index contributed by atoms with van der Waals surface area (Å²) in [6.07, 6.45) is 0.409. The van der Waals surface area contributed by atoms with Crippen LogP contribution in [0.3, 0.4) is 0 Å². The van der Waals surface area contributed by atoms with E-state index in [0.717, 1.165) is 10.9 Å². The molecule has 1 aliphatic heterocycles. The average Bonchev–Trinajstić information content (AvgIpc) is 3.64. The fraction of sp³-hybridized carbons (Fsp3) is 0.267. The number of carbonyl (C=O) groups excluding carboxylic acids is 1. The molecule has 2 unspecified atom stereocenters. The molecule has 0 bridgehead atoms. The quantitative estimate of drug-likeness (QED) is 0.143. The molecule has 0 radical (unpaired) electrons. The van der Waals surface area contributed by atoms with Gasteiger partial charge in [-0.1, -0.05) is 66.7 Å². The average molecular weight is 619 g/mol. The van der Waals surface area contributed by atoms with Crippen molar-refractivity contribution >= 4 is 41.5 Å². The standard InChI is InChI=1S/C30H31N6O7P/c1-19(30(38)40-16-20-8-3-2-4-9-20)35-44(39,42-24-13-7-11-21-10-5-6-12-23(21)24)43-25-14-22(15-37)41-29(25)36-18-34-26-27(31)32-17-33-28(26)36/h2-13,17-19,22,25,29,37H,14-16H2,1H3,(H,35,39)(H2,31,32,33)/t19-,22-,25?,29+,44?/m0/s1. The highest BCUT2D eigenvalue weighted by Crippen LogP contribution is 2.51. The molecule has 0 amide bonds. The van der Waals surface area contributed by atoms with E-state index in [-0.39, 0.29) is 31.2 Å². The van der Waals surface area contributed by atoms with Gasteiger partial charge in [-0.2, -0.15) is 5.09 Å². The molecule has 14 heteroatoms. The van der Waals surface area contributed by atoms with E-state index < -0.39 is 38.2 Å². The number of carbonyl (C=O) groups is 1. The summed E-state index contributed by atoms with van der Waals surface area (Å²) in [4.78, 5) is 25.6. The summed E-state index contributed by atoms with van der Waals surface area (Å²) in [5, 5.41) is 14.3. The summed E-state index contributed by atoms with van der Waals surface area (Å²) in [5.74, 6) is -0.191. The largest absolute Gasteiger partial charge is 0.460 e. The predicted molar refractivity (Wildman–Crippen MR) is 161 cm³/mol. The fourth-order valence-electron chi connectivity index (χ4n) is 5.03. The first-order valence-corrected chi connectivity index (χ1v) is 15.5. The summed E-state index contributed by atoms with van der Waals surface area (Å²) in [6.45, 7) is 1.23. The Morgan fingerprint density at radius 2 is 1.89 bits per heavy atom. The highest BCUT2D eigenvalue weighted by atomic mass is 31.2. The van der Waals surface area contributed by atoms with Crippen LogP contribution in [-0.4, -0.2) is 55.5 Å². The SMILES string of the molecule is C[C@H](NP(=O)(Oc1cccc2ccccc12)OC1C[C@@H](CO)O[C@H]1n1cnc2c(N)ncnc21)C(=O)OCc1ccccc1. The van der Waals surface area contributed by atoms with Gasteiger partial charge in [0.25, 0.3) is 0 Å². The number of hydrogen-bond acceptors (Lipinski definition) is 11. The number of ether oxygens (including phenoxy) is 2. The zero-order valence-corrected chi connectivity index (χ0v) is 24.6. The van der Waals surface area contributed by atoms with Gasteiger partial charge in [-0.15, -0.1) is 0 Å². The first-order chi connectivity index (χ1) is 21.3. The monoisotopic (exact) mass is 618 g/mol. The number of aliphatic hydroxyl groups excluding tert-OH is 1. The van der Waals surface area contributed by atoms with Crippen molar-refractivity contribution in [2.45, 2.75) is 44.4 Å². The second-order valence-corrected chi connectivity index (χ2v) is 12.0. The third kappa shape index (κ3) is 6.28. The lowest BCUT2D eigenvalue weighted by Gasteiger charge is -2.28. The highest BCUT2D eigenvalue weighted by molar-refractivity contribution is 7.52. The van der Waals surface area contributed by atoms with E-state index in [1.807, 2.05) is 60.7 Å². The van der Waals surface area contributed by atoms with Crippen molar-refractivity contribution in [3.63, 3.8) is 0 Å². The van der Waals surface area contributed by atoms with E-state index in [0.29, 0.717) is 16.6 Å². The van der Waals surface area contributed by atoms with E-state index in [4.69, 9.17) is 24.3 Å². The van der Waals surface area contributed by atoms with Crippen molar-refractivity contribution in [1.29, 1.82) is 0 Å². The lowest BCUT2D eigenvalue weighted by molar-refractivity contribution is -0.146. The summed E-state index contributed by atoms with van der Waals surface area (Å²) in [7, 11) is -4.35. The van der Waals surface area contributed by atoms with Crippen molar-refractivity contribution in [1.82, 2.24) is 24.6 Å². The van der Waals surface area contributed by atoms with Crippen LogP contribution in [0.2, 0.25) is 0 Å². The minimum atomic E-state index is -4.35. The summed E-state index contributed by atoms with van der Waals surface area (Å²) in [5.41, 5.74) is 7.50. The molecule has 13 nitrogen and oxygen atoms in total. The smallest absolute Gasteiger partial charge is 0.459 e. The van der Waals surface area contributed by atoms with Gasteiger partial charge in [0.05, 0.1) is 19.0 Å². The zero-order valence-electron chi connectivity index (χ0n) is 23.7. The number of nitrogens with two attached hydrogens (primary N) is 1. The molecule has 5 aromatic rings. The topological polar surface area (TPSA) is 173 Å². The maximum absolute atomic E-state index is 14.6. The Morgan fingerprint density at radius 1 is 1.11 bits per heavy atom. The Hall–Kier alpha value is -4.39. The Bertz CT molecular complexity index is 1810. The molecule has 1 aliphatic rings. The van der Waals surface area contributed by atoms with Gasteiger partial charge in [-0.25, -0.2) is 19.5 Å². The van der Waals surface area contributed by atoms with Crippen LogP contribution < -0.4 is 15.3 Å². The lowest BCUT2D eigenvalue weighted by atomic mass is 10.1. The molecule has 1 fully saturated rings. The lowest BCUT2D eigenvalue weighted by Crippen LogP contribution is -2.36. The van der Waals surface area contributed by atoms with E-state index in [2.05, 4.69) is 20.0 Å². The van der Waals surface area contributed by atoms with Crippen molar-refractivity contribution in [2.24, 2.45) is 0 Å². The Kier molecular flexibility index (Phi) is 8.56. The number of nitrogens with one attached hydrogen (secondary N) is 1. The predicted octanol–water partition coefficient (Wildman–Crippen LogP) is 4.14. The number of anilines is 1. The Labute approximate surface area is 252 Å². The van der Waals surface area contributed by atoms with Gasteiger partial charge < -0.3 is 24.8 Å². The van der Waals surface area contributed by atoms with Crippen LogP contribution in [-0.2, 0) is 30.0 Å². The molecule has 3 aromatic carbocycles. The first-order valence-electron chi connectivity index (χ1n) is 14.0. The van der Waals surface area contributed by atoms with Crippen LogP contribution >= 0.6 is 7.75 Å². The Morgan fingerprint density at radius 3 is 2.70 bits per heavy atom. The van der Waals surface area contributed by atoms with Crippen LogP contribution in [0.5, 0.6) is 5.75 Å². The summed E-state index contributed by atoms with van der Waals surface area (Å²) in [6, 6.07) is 20.9. The highest BCUT2D eigenvalue weighted by Gasteiger charge is 2.44. The van der Waals surface area contributed by atoms with Crippen LogP contribution in [0.15, 0.2) is 85.5 Å². The summed E-state index contributed by atoms with van der Waals surface area (Å²) < 4.78 is 40.1. The molecular weight excluding hydrogens is 587 g/mol. The number of aromatic nitrogens is 4. The van der Waals surface area contributed by atoms with Gasteiger partial charge in [0.15, 0.2) is 17.7 Å². The molecule has 1 saturated heterocycles. The molecule has 2 aromatic heterocycles. The minimum Gasteiger partial charge on any atom is -0.460 e. The molecule has 228 valence electrons. The van der Waals surface area contributed by atoms with E-state index in [1.54, 1.807) is 16.7 Å². The molecule has 6 rings (SSSR count). The molecule has 44 heavy (non-hydrogen) atoms. The maximum atomic E-state index is 14.6. The van der Waals surface area contributed by atoms with Gasteiger partial charge >= 0.3 is 13.7 Å². The van der Waals surface area contributed by atoms with Crippen molar-refractivity contribution in [3.8, 4) is 5.75 Å². The van der Waals surface area contributed by atoms with Crippen LogP contribution in [0.4, 0.5) is 5.82 Å². The Balaban J connectivity index is 1.30. The van der Waals surface area contributed by atoms with Crippen molar-refractivity contribution < 1.29 is 33.0 Å². The second-order valence-electron chi connectivity index (χ2n) is 10.3. The molecule has 5 atom stereocenters. The third-order valence-electron chi connectivity index (χ3n) is 7.18. The molecule has 3 heterocycles. The third-order valence-corrected chi connectivity index (χ3v) is 8.87. The van der Waals surface area contributed by atoms with Crippen molar-refractivity contribution in [2.75, 3.05) is 12.3 Å². The van der Waals surface area contributed by atoms with Crippen LogP contribution in [0, 0.1) is 0 Å². The number of rotatable bonds is 11. The van der Waals surface area contributed by atoms with Gasteiger partial charge in [0.1, 0.15) is 36.3 Å². The number of imidazole rings is 1. The van der Waals surface area contributed by atoms with E-state index in [9.17, 15) is 14.5 Å². The van der Waals surface area contributed by atoms with Gasteiger partial charge in [0.2, 0.25) is 0 Å². The van der Waals surface area contributed by atoms with Gasteiger partial charge in [-0.05, 0) is 23.9 Å². The van der Waals surface area contributed by atoms with Gasteiger partial charge in [0, 0.05) is 11.8 Å². The molecular formula is C30H31N6O7P. The number of nitrogens with zero attached hydrogens (tertiary/aromatic N) is 4. The number of aliphatic hydroxyl groups is 1. The zero-order chi connectivity index (χ0) is 30.7. The second kappa shape index (κ2) is 12.7. The van der Waals surface area contributed by atoms with Gasteiger partial charge in [-0.3, -0.25) is 13.9 Å². The normalized spacial score (nSPS) is 20.4. The molecule has 0 saturated carbocycles. The van der Waals surface area contributed by atoms with E-state index in [1.165, 1.54) is 19.6 Å². The number of esters is 1. The summed E-state index contributed by atoms with van der Waals surface area (Å²) >= 11 is 0. The molecule has 4 N–H and O–H groups in total. The maximum Gasteiger partial charge on any atom is 0.459 e. The van der Waals surface area contributed by atoms with Crippen LogP contribution in [0.1, 0.15) is 25.1 Å². The number of nitrogen functional groups attached to an aromatic ring is 1. The van der Waals surface area contributed by atoms with E-state index >= 15 is 0 Å². The number of hydrogen-bond donors (Lipinski definition) is 3. The fourth-order valence-corrected chi connectivity index (χ4v) is 6.74. The first kappa shape index (κ1) is 29.7. The number of fused-ring (bicyclic) bond motifs is 2. The van der Waals surface area contributed by atoms with Crippen molar-refractivity contribution in [3.05, 3.63) is 91.0 Å². The number of benzene rings is 3. The minimum absolute atomic E-state index is 0.0381. The molecule has 0 spiro atoms.